The lowest BCUT2D eigenvalue weighted by molar-refractivity contribution is -0.345. The van der Waals surface area contributed by atoms with Crippen molar-refractivity contribution < 1.29 is 34.0 Å². The molecule has 30 heavy (non-hydrogen) atoms. The molecule has 2 aromatic carbocycles. The Labute approximate surface area is 175 Å². The summed E-state index contributed by atoms with van der Waals surface area (Å²) >= 11 is 0. The van der Waals surface area contributed by atoms with Crippen molar-refractivity contribution in [1.29, 1.82) is 0 Å². The van der Waals surface area contributed by atoms with Gasteiger partial charge in [-0.1, -0.05) is 24.3 Å². The molecule has 2 aromatic rings. The van der Waals surface area contributed by atoms with Gasteiger partial charge in [-0.25, -0.2) is 0 Å². The van der Waals surface area contributed by atoms with Crippen molar-refractivity contribution in [3.8, 4) is 5.75 Å². The maximum absolute atomic E-state index is 11.9. The van der Waals surface area contributed by atoms with Crippen LogP contribution in [0.4, 0.5) is 0 Å². The number of benzene rings is 2. The highest BCUT2D eigenvalue weighted by Crippen LogP contribution is 2.43. The van der Waals surface area contributed by atoms with Gasteiger partial charge in [0.1, 0.15) is 18.0 Å². The minimum atomic E-state index is -0.771. The van der Waals surface area contributed by atoms with E-state index in [2.05, 4.69) is 0 Å². The normalized spacial score (nSPS) is 29.2. The molecule has 0 spiro atoms. The smallest absolute Gasteiger partial charge is 0.312 e. The van der Waals surface area contributed by atoms with Gasteiger partial charge in [0, 0.05) is 12.0 Å². The Morgan fingerprint density at radius 3 is 2.77 bits per heavy atom. The van der Waals surface area contributed by atoms with E-state index in [9.17, 15) is 15.0 Å². The summed E-state index contributed by atoms with van der Waals surface area (Å²) in [6.45, 7) is 5.72. The molecular formula is C23H28O7. The highest BCUT2D eigenvalue weighted by Gasteiger charge is 2.46. The second kappa shape index (κ2) is 7.81. The summed E-state index contributed by atoms with van der Waals surface area (Å²) in [4.78, 5) is 11.9. The van der Waals surface area contributed by atoms with Crippen molar-refractivity contribution in [2.24, 2.45) is 0 Å². The van der Waals surface area contributed by atoms with Crippen molar-refractivity contribution in [2.75, 3.05) is 13.7 Å². The predicted molar refractivity (Wildman–Crippen MR) is 109 cm³/mol. The van der Waals surface area contributed by atoms with Crippen LogP contribution in [0.2, 0.25) is 0 Å². The molecule has 2 saturated heterocycles. The van der Waals surface area contributed by atoms with Gasteiger partial charge in [0.2, 0.25) is 0 Å². The van der Waals surface area contributed by atoms with Crippen molar-refractivity contribution in [2.45, 2.75) is 63.3 Å². The molecule has 5 atom stereocenters. The molecule has 0 radical (unpaired) electrons. The van der Waals surface area contributed by atoms with Gasteiger partial charge < -0.3 is 29.2 Å². The molecule has 2 heterocycles. The molecule has 7 heteroatoms. The van der Waals surface area contributed by atoms with E-state index < -0.39 is 36.1 Å². The predicted octanol–water partition coefficient (Wildman–Crippen LogP) is 3.16. The number of aliphatic hydroxyl groups is 1. The molecule has 2 aliphatic rings. The highest BCUT2D eigenvalue weighted by molar-refractivity contribution is 5.90. The van der Waals surface area contributed by atoms with Gasteiger partial charge in [-0.15, -0.1) is 0 Å². The number of rotatable bonds is 3. The van der Waals surface area contributed by atoms with E-state index >= 15 is 0 Å². The number of carbonyl (C=O) groups excluding carboxylic acids is 1. The Kier molecular flexibility index (Phi) is 5.48. The molecule has 0 saturated carbocycles. The molecule has 4 rings (SSSR count). The molecular weight excluding hydrogens is 388 g/mol. The van der Waals surface area contributed by atoms with Crippen LogP contribution in [0.15, 0.2) is 30.3 Å². The summed E-state index contributed by atoms with van der Waals surface area (Å²) < 4.78 is 22.6. The number of fused-ring (bicyclic) bond motifs is 2. The fourth-order valence-corrected chi connectivity index (χ4v) is 4.35. The maximum Gasteiger partial charge on any atom is 0.312 e. The number of aliphatic hydroxyl groups excluding tert-OH is 1. The number of aromatic hydroxyl groups is 1. The van der Waals surface area contributed by atoms with Gasteiger partial charge in [0.15, 0.2) is 5.79 Å². The zero-order valence-corrected chi connectivity index (χ0v) is 17.6. The van der Waals surface area contributed by atoms with Crippen molar-refractivity contribution in [1.82, 2.24) is 0 Å². The highest BCUT2D eigenvalue weighted by atomic mass is 16.7. The van der Waals surface area contributed by atoms with Crippen LogP contribution < -0.4 is 0 Å². The van der Waals surface area contributed by atoms with E-state index in [0.717, 1.165) is 16.3 Å². The summed E-state index contributed by atoms with van der Waals surface area (Å²) in [7, 11) is 1.37. The zero-order chi connectivity index (χ0) is 21.6. The molecule has 2 N–H and O–H groups in total. The summed E-state index contributed by atoms with van der Waals surface area (Å²) in [5, 5.41) is 23.1. The lowest BCUT2D eigenvalue weighted by Crippen LogP contribution is -2.57. The second-order valence-electron chi connectivity index (χ2n) is 8.48. The van der Waals surface area contributed by atoms with Crippen LogP contribution in [0.5, 0.6) is 5.75 Å². The minimum Gasteiger partial charge on any atom is -0.508 e. The van der Waals surface area contributed by atoms with E-state index in [1.54, 1.807) is 19.1 Å². The van der Waals surface area contributed by atoms with Gasteiger partial charge >= 0.3 is 5.97 Å². The first-order valence-corrected chi connectivity index (χ1v) is 10.2. The Balaban J connectivity index is 1.67. The zero-order valence-electron chi connectivity index (χ0n) is 17.6. The molecule has 1 unspecified atom stereocenters. The third-order valence-electron chi connectivity index (χ3n) is 5.99. The third-order valence-corrected chi connectivity index (χ3v) is 5.99. The van der Waals surface area contributed by atoms with Gasteiger partial charge in [-0.05, 0) is 43.2 Å². The van der Waals surface area contributed by atoms with Crippen LogP contribution >= 0.6 is 0 Å². The lowest BCUT2D eigenvalue weighted by atomic mass is 9.89. The molecule has 7 nitrogen and oxygen atoms in total. The fraction of sp³-hybridized carbons (Fsp3) is 0.522. The average Bonchev–Trinajstić information content (AvgIpc) is 2.72. The first-order valence-electron chi connectivity index (χ1n) is 10.2. The topological polar surface area (TPSA) is 94.5 Å². The van der Waals surface area contributed by atoms with E-state index in [1.165, 1.54) is 7.11 Å². The number of methoxy groups -OCH3 is 1. The minimum absolute atomic E-state index is 0.102. The van der Waals surface area contributed by atoms with Crippen LogP contribution in [0.25, 0.3) is 10.8 Å². The number of hydrogen-bond donors (Lipinski definition) is 2. The fourth-order valence-electron chi connectivity index (χ4n) is 4.35. The van der Waals surface area contributed by atoms with E-state index in [0.29, 0.717) is 18.6 Å². The van der Waals surface area contributed by atoms with Gasteiger partial charge in [0.25, 0.3) is 0 Å². The summed E-state index contributed by atoms with van der Waals surface area (Å²) in [5.41, 5.74) is 1.44. The van der Waals surface area contributed by atoms with Gasteiger partial charge in [-0.3, -0.25) is 4.79 Å². The second-order valence-corrected chi connectivity index (χ2v) is 8.48. The monoisotopic (exact) mass is 416 g/mol. The molecule has 0 amide bonds. The number of hydrogen-bond acceptors (Lipinski definition) is 7. The SMILES string of the molecule is COC(=O)[C@@H](C)c1ccc2c(C3C[C@@H](O)[C@H]4OC(C)(C)OC[C@H]4O3)c(O)ccc2c1. The first-order chi connectivity index (χ1) is 14.2. The largest absolute Gasteiger partial charge is 0.508 e. The van der Waals surface area contributed by atoms with E-state index in [-0.39, 0.29) is 11.7 Å². The number of esters is 1. The first kappa shape index (κ1) is 21.1. The van der Waals surface area contributed by atoms with Gasteiger partial charge in [-0.2, -0.15) is 0 Å². The van der Waals surface area contributed by atoms with Crippen molar-refractivity contribution >= 4 is 16.7 Å². The van der Waals surface area contributed by atoms with E-state index in [1.807, 2.05) is 32.0 Å². The third kappa shape index (κ3) is 3.78. The summed E-state index contributed by atoms with van der Waals surface area (Å²) in [5.74, 6) is -1.37. The molecule has 2 aliphatic heterocycles. The molecule has 0 aromatic heterocycles. The van der Waals surface area contributed by atoms with Crippen LogP contribution in [-0.2, 0) is 23.7 Å². The van der Waals surface area contributed by atoms with Crippen LogP contribution in [0.1, 0.15) is 50.3 Å². The Morgan fingerprint density at radius 2 is 2.03 bits per heavy atom. The Hall–Kier alpha value is -2.19. The summed E-state index contributed by atoms with van der Waals surface area (Å²) in [6.07, 6.45) is -1.87. The molecule has 0 aliphatic carbocycles. The Bertz CT molecular complexity index is 954. The van der Waals surface area contributed by atoms with Crippen LogP contribution in [0.3, 0.4) is 0 Å². The average molecular weight is 416 g/mol. The number of carbonyl (C=O) groups is 1. The standard InChI is InChI=1S/C23H28O7/c1-12(22(26)27-4)13-5-7-15-14(9-13)6-8-16(24)20(15)18-10-17(25)21-19(29-18)11-28-23(2,3)30-21/h5-9,12,17-19,21,24-25H,10-11H2,1-4H3/t12-,17+,18?,19+,21+/m0/s1. The number of ether oxygens (including phenoxy) is 4. The Morgan fingerprint density at radius 1 is 1.27 bits per heavy atom. The van der Waals surface area contributed by atoms with Crippen molar-refractivity contribution in [3.63, 3.8) is 0 Å². The molecule has 2 fully saturated rings. The number of phenols is 1. The van der Waals surface area contributed by atoms with Gasteiger partial charge in [0.05, 0.1) is 31.8 Å². The van der Waals surface area contributed by atoms with Crippen molar-refractivity contribution in [3.05, 3.63) is 41.5 Å². The molecule has 162 valence electrons. The van der Waals surface area contributed by atoms with E-state index in [4.69, 9.17) is 18.9 Å². The number of phenolic OH excluding ortho intramolecular Hbond substituents is 1. The summed E-state index contributed by atoms with van der Waals surface area (Å²) in [6, 6.07) is 9.06. The molecule has 0 bridgehead atoms. The lowest BCUT2D eigenvalue weighted by Gasteiger charge is -2.47. The van der Waals surface area contributed by atoms with Crippen LogP contribution in [0, 0.1) is 0 Å². The quantitative estimate of drug-likeness (QED) is 0.742. The maximum atomic E-state index is 11.9. The van der Waals surface area contributed by atoms with Crippen LogP contribution in [-0.4, -0.2) is 54.0 Å².